The highest BCUT2D eigenvalue weighted by molar-refractivity contribution is 5.87. The van der Waals surface area contributed by atoms with Gasteiger partial charge >= 0.3 is 0 Å². The quantitative estimate of drug-likeness (QED) is 0.739. The van der Waals surface area contributed by atoms with E-state index in [0.717, 1.165) is 29.9 Å². The summed E-state index contributed by atoms with van der Waals surface area (Å²) in [5, 5.41) is 8.27. The summed E-state index contributed by atoms with van der Waals surface area (Å²) in [4.78, 5) is 23.6. The van der Waals surface area contributed by atoms with Crippen LogP contribution in [0.25, 0.3) is 11.0 Å². The van der Waals surface area contributed by atoms with Crippen molar-refractivity contribution in [2.45, 2.75) is 45.7 Å². The van der Waals surface area contributed by atoms with E-state index in [2.05, 4.69) is 25.3 Å². The molecule has 1 aromatic carbocycles. The lowest BCUT2D eigenvalue weighted by Gasteiger charge is -2.21. The van der Waals surface area contributed by atoms with E-state index in [4.69, 9.17) is 0 Å². The highest BCUT2D eigenvalue weighted by Gasteiger charge is 2.17. The molecule has 1 aliphatic heterocycles. The van der Waals surface area contributed by atoms with Gasteiger partial charge in [0.05, 0.1) is 11.6 Å². The van der Waals surface area contributed by atoms with E-state index in [1.807, 2.05) is 31.2 Å². The van der Waals surface area contributed by atoms with Crippen LogP contribution < -0.4 is 10.2 Å². The van der Waals surface area contributed by atoms with Crippen LogP contribution in [0.4, 0.5) is 5.82 Å². The Morgan fingerprint density at radius 3 is 2.57 bits per heavy atom. The van der Waals surface area contributed by atoms with Gasteiger partial charge in [-0.3, -0.25) is 4.79 Å². The Morgan fingerprint density at radius 1 is 1.07 bits per heavy atom. The minimum Gasteiger partial charge on any atom is -0.356 e. The largest absolute Gasteiger partial charge is 0.356 e. The van der Waals surface area contributed by atoms with E-state index in [-0.39, 0.29) is 12.5 Å². The van der Waals surface area contributed by atoms with Gasteiger partial charge in [-0.15, -0.1) is 0 Å². The average Bonchev–Trinajstić information content (AvgIpc) is 2.93. The number of fused-ring (bicyclic) bond motifs is 1. The molecule has 3 aromatic rings. The van der Waals surface area contributed by atoms with Gasteiger partial charge < -0.3 is 10.2 Å². The van der Waals surface area contributed by atoms with Crippen molar-refractivity contribution in [3.63, 3.8) is 0 Å². The minimum atomic E-state index is -0.0829. The standard InChI is InChI=1S/C21H26N6O/c1-16-6-8-17(9-7-16)12-22-19(28)14-27-21-18(13-25-27)20(23-15-24-21)26-10-4-2-3-5-11-26/h6-9,13,15H,2-5,10-12,14H2,1H3,(H,22,28). The first-order valence-electron chi connectivity index (χ1n) is 9.94. The lowest BCUT2D eigenvalue weighted by atomic mass is 10.1. The summed E-state index contributed by atoms with van der Waals surface area (Å²) in [7, 11) is 0. The molecule has 0 bridgehead atoms. The number of carbonyl (C=O) groups excluding carboxylic acids is 1. The molecule has 2 aromatic heterocycles. The molecule has 146 valence electrons. The molecule has 1 N–H and O–H groups in total. The molecule has 0 spiro atoms. The topological polar surface area (TPSA) is 75.9 Å². The number of benzene rings is 1. The van der Waals surface area contributed by atoms with Crippen molar-refractivity contribution in [1.82, 2.24) is 25.1 Å². The Hall–Kier alpha value is -2.96. The van der Waals surface area contributed by atoms with Crippen molar-refractivity contribution in [2.24, 2.45) is 0 Å². The number of hydrogen-bond donors (Lipinski definition) is 1. The molecule has 0 unspecified atom stereocenters. The molecule has 1 fully saturated rings. The van der Waals surface area contributed by atoms with Gasteiger partial charge in [0.15, 0.2) is 5.65 Å². The smallest absolute Gasteiger partial charge is 0.242 e. The summed E-state index contributed by atoms with van der Waals surface area (Å²) in [5.41, 5.74) is 2.99. The molecule has 0 atom stereocenters. The number of nitrogens with zero attached hydrogens (tertiary/aromatic N) is 5. The fraction of sp³-hybridized carbons (Fsp3) is 0.429. The zero-order chi connectivity index (χ0) is 19.3. The molecule has 1 saturated heterocycles. The summed E-state index contributed by atoms with van der Waals surface area (Å²) in [5.74, 6) is 0.846. The fourth-order valence-corrected chi connectivity index (χ4v) is 3.63. The van der Waals surface area contributed by atoms with Crippen LogP contribution in [0.3, 0.4) is 0 Å². The van der Waals surface area contributed by atoms with Crippen LogP contribution in [0.2, 0.25) is 0 Å². The number of nitrogens with one attached hydrogen (secondary N) is 1. The van der Waals surface area contributed by atoms with Crippen LogP contribution in [0.15, 0.2) is 36.8 Å². The molecular weight excluding hydrogens is 352 g/mol. The first-order chi connectivity index (χ1) is 13.7. The highest BCUT2D eigenvalue weighted by atomic mass is 16.2. The minimum absolute atomic E-state index is 0.0829. The zero-order valence-electron chi connectivity index (χ0n) is 16.3. The number of aryl methyl sites for hydroxylation is 1. The Kier molecular flexibility index (Phi) is 5.50. The molecule has 1 amide bonds. The second-order valence-corrected chi connectivity index (χ2v) is 7.40. The molecule has 3 heterocycles. The summed E-state index contributed by atoms with van der Waals surface area (Å²) in [6, 6.07) is 8.15. The van der Waals surface area contributed by atoms with Gasteiger partial charge in [0.1, 0.15) is 18.7 Å². The summed E-state index contributed by atoms with van der Waals surface area (Å²) in [6.07, 6.45) is 8.26. The number of rotatable bonds is 5. The van der Waals surface area contributed by atoms with Crippen LogP contribution in [-0.4, -0.2) is 38.7 Å². The maximum atomic E-state index is 12.4. The van der Waals surface area contributed by atoms with Crippen LogP contribution >= 0.6 is 0 Å². The number of amides is 1. The zero-order valence-corrected chi connectivity index (χ0v) is 16.3. The van der Waals surface area contributed by atoms with Crippen molar-refractivity contribution in [1.29, 1.82) is 0 Å². The van der Waals surface area contributed by atoms with E-state index in [0.29, 0.717) is 12.2 Å². The van der Waals surface area contributed by atoms with Gasteiger partial charge in [0.2, 0.25) is 5.91 Å². The molecule has 0 radical (unpaired) electrons. The van der Waals surface area contributed by atoms with E-state index in [9.17, 15) is 4.79 Å². The lowest BCUT2D eigenvalue weighted by molar-refractivity contribution is -0.121. The monoisotopic (exact) mass is 378 g/mol. The Labute approximate surface area is 164 Å². The summed E-state index contributed by atoms with van der Waals surface area (Å²) < 4.78 is 1.66. The predicted molar refractivity (Wildman–Crippen MR) is 109 cm³/mol. The van der Waals surface area contributed by atoms with E-state index >= 15 is 0 Å². The lowest BCUT2D eigenvalue weighted by Crippen LogP contribution is -2.27. The van der Waals surface area contributed by atoms with E-state index in [1.54, 1.807) is 17.2 Å². The van der Waals surface area contributed by atoms with Gasteiger partial charge in [0.25, 0.3) is 0 Å². The third-order valence-electron chi connectivity index (χ3n) is 5.22. The second kappa shape index (κ2) is 8.37. The van der Waals surface area contributed by atoms with Crippen LogP contribution in [0.1, 0.15) is 36.8 Å². The molecule has 0 saturated carbocycles. The summed E-state index contributed by atoms with van der Waals surface area (Å²) >= 11 is 0. The number of anilines is 1. The van der Waals surface area contributed by atoms with Gasteiger partial charge in [-0.1, -0.05) is 42.7 Å². The number of hydrogen-bond acceptors (Lipinski definition) is 5. The van der Waals surface area contributed by atoms with Crippen LogP contribution in [-0.2, 0) is 17.9 Å². The molecule has 0 aliphatic carbocycles. The third-order valence-corrected chi connectivity index (χ3v) is 5.22. The van der Waals surface area contributed by atoms with Crippen molar-refractivity contribution in [2.75, 3.05) is 18.0 Å². The highest BCUT2D eigenvalue weighted by Crippen LogP contribution is 2.25. The third kappa shape index (κ3) is 4.13. The number of aromatic nitrogens is 4. The second-order valence-electron chi connectivity index (χ2n) is 7.40. The Balaban J connectivity index is 1.46. The molecule has 7 nitrogen and oxygen atoms in total. The van der Waals surface area contributed by atoms with Gasteiger partial charge in [-0.05, 0) is 25.3 Å². The molecule has 7 heteroatoms. The van der Waals surface area contributed by atoms with Gasteiger partial charge in [-0.2, -0.15) is 5.10 Å². The first kappa shape index (κ1) is 18.4. The first-order valence-corrected chi connectivity index (χ1v) is 9.94. The normalized spacial score (nSPS) is 14.8. The van der Waals surface area contributed by atoms with Crippen LogP contribution in [0.5, 0.6) is 0 Å². The Bertz CT molecular complexity index is 941. The predicted octanol–water partition coefficient (Wildman–Crippen LogP) is 2.83. The van der Waals surface area contributed by atoms with E-state index < -0.39 is 0 Å². The van der Waals surface area contributed by atoms with Crippen LogP contribution in [0, 0.1) is 6.92 Å². The van der Waals surface area contributed by atoms with Gasteiger partial charge in [0, 0.05) is 19.6 Å². The number of carbonyl (C=O) groups is 1. The summed E-state index contributed by atoms with van der Waals surface area (Å²) in [6.45, 7) is 4.72. The van der Waals surface area contributed by atoms with Crippen molar-refractivity contribution < 1.29 is 4.79 Å². The maximum Gasteiger partial charge on any atom is 0.242 e. The van der Waals surface area contributed by atoms with Crippen molar-refractivity contribution >= 4 is 22.8 Å². The SMILES string of the molecule is Cc1ccc(CNC(=O)Cn2ncc3c(N4CCCCCC4)ncnc32)cc1. The molecular formula is C21H26N6O. The van der Waals surface area contributed by atoms with Crippen molar-refractivity contribution in [3.8, 4) is 0 Å². The molecule has 28 heavy (non-hydrogen) atoms. The average molecular weight is 378 g/mol. The maximum absolute atomic E-state index is 12.4. The fourth-order valence-electron chi connectivity index (χ4n) is 3.63. The molecule has 4 rings (SSSR count). The Morgan fingerprint density at radius 2 is 1.82 bits per heavy atom. The molecule has 1 aliphatic rings. The van der Waals surface area contributed by atoms with Crippen molar-refractivity contribution in [3.05, 3.63) is 47.9 Å². The van der Waals surface area contributed by atoms with Gasteiger partial charge in [-0.25, -0.2) is 14.6 Å². The van der Waals surface area contributed by atoms with E-state index in [1.165, 1.54) is 31.2 Å².